The molecule has 2 rings (SSSR count). The van der Waals surface area contributed by atoms with Crippen molar-refractivity contribution in [3.8, 4) is 0 Å². The summed E-state index contributed by atoms with van der Waals surface area (Å²) in [6, 6.07) is 5.07. The van der Waals surface area contributed by atoms with Gasteiger partial charge in [-0.25, -0.2) is 9.48 Å². The molecule has 0 bridgehead atoms. The third kappa shape index (κ3) is 1.96. The van der Waals surface area contributed by atoms with Crippen molar-refractivity contribution in [3.05, 3.63) is 23.8 Å². The standard InChI is InChI=1S/C13H17N3O2/c1-4-8-13(2,3)16-11-9(12(17)18)6-5-7-10(11)14-15-16/h5-7H,4,8H2,1-3H3,(H,17,18). The minimum Gasteiger partial charge on any atom is -0.478 e. The molecule has 0 atom stereocenters. The largest absolute Gasteiger partial charge is 0.478 e. The van der Waals surface area contributed by atoms with Gasteiger partial charge in [0.25, 0.3) is 0 Å². The van der Waals surface area contributed by atoms with Crippen LogP contribution < -0.4 is 0 Å². The monoisotopic (exact) mass is 247 g/mol. The van der Waals surface area contributed by atoms with Crippen molar-refractivity contribution < 1.29 is 9.90 Å². The molecule has 0 saturated carbocycles. The smallest absolute Gasteiger partial charge is 0.337 e. The number of aromatic carboxylic acids is 1. The SMILES string of the molecule is CCCC(C)(C)n1nnc2cccc(C(=O)O)c21. The zero-order valence-corrected chi connectivity index (χ0v) is 10.8. The van der Waals surface area contributed by atoms with Gasteiger partial charge in [0.2, 0.25) is 0 Å². The Morgan fingerprint density at radius 1 is 1.44 bits per heavy atom. The summed E-state index contributed by atoms with van der Waals surface area (Å²) in [5, 5.41) is 17.4. The molecule has 0 unspecified atom stereocenters. The molecule has 1 heterocycles. The van der Waals surface area contributed by atoms with E-state index in [-0.39, 0.29) is 11.1 Å². The molecule has 0 radical (unpaired) electrons. The van der Waals surface area contributed by atoms with Gasteiger partial charge in [-0.1, -0.05) is 24.6 Å². The Kier molecular flexibility index (Phi) is 3.07. The van der Waals surface area contributed by atoms with Gasteiger partial charge in [-0.05, 0) is 32.4 Å². The molecular formula is C13H17N3O2. The predicted octanol–water partition coefficient (Wildman–Crippen LogP) is 2.66. The highest BCUT2D eigenvalue weighted by molar-refractivity contribution is 6.00. The fourth-order valence-corrected chi connectivity index (χ4v) is 2.29. The van der Waals surface area contributed by atoms with Gasteiger partial charge < -0.3 is 5.11 Å². The van der Waals surface area contributed by atoms with E-state index >= 15 is 0 Å². The maximum absolute atomic E-state index is 11.3. The van der Waals surface area contributed by atoms with Gasteiger partial charge in [0.1, 0.15) is 11.0 Å². The summed E-state index contributed by atoms with van der Waals surface area (Å²) in [4.78, 5) is 11.3. The van der Waals surface area contributed by atoms with Crippen LogP contribution in [0, 0.1) is 0 Å². The Labute approximate surface area is 105 Å². The number of hydrogen-bond acceptors (Lipinski definition) is 3. The van der Waals surface area contributed by atoms with Crippen molar-refractivity contribution in [1.82, 2.24) is 15.0 Å². The summed E-state index contributed by atoms with van der Waals surface area (Å²) in [5.74, 6) is -0.948. The topological polar surface area (TPSA) is 68.0 Å². The van der Waals surface area contributed by atoms with Gasteiger partial charge in [0.05, 0.1) is 11.1 Å². The van der Waals surface area contributed by atoms with E-state index in [1.165, 1.54) is 0 Å². The second-order valence-corrected chi connectivity index (χ2v) is 5.04. The lowest BCUT2D eigenvalue weighted by molar-refractivity contribution is 0.0698. The Morgan fingerprint density at radius 2 is 2.17 bits per heavy atom. The van der Waals surface area contributed by atoms with Gasteiger partial charge in [-0.15, -0.1) is 5.10 Å². The molecular weight excluding hydrogens is 230 g/mol. The summed E-state index contributed by atoms with van der Waals surface area (Å²) < 4.78 is 1.73. The molecule has 1 N–H and O–H groups in total. The number of rotatable bonds is 4. The molecule has 5 heteroatoms. The molecule has 18 heavy (non-hydrogen) atoms. The molecule has 0 aliphatic rings. The summed E-state index contributed by atoms with van der Waals surface area (Å²) in [6.45, 7) is 6.19. The van der Waals surface area contributed by atoms with Crippen LogP contribution in [0.1, 0.15) is 44.0 Å². The van der Waals surface area contributed by atoms with Crippen molar-refractivity contribution in [1.29, 1.82) is 0 Å². The van der Waals surface area contributed by atoms with Crippen LogP contribution in [-0.2, 0) is 5.54 Å². The highest BCUT2D eigenvalue weighted by atomic mass is 16.4. The van der Waals surface area contributed by atoms with E-state index in [1.54, 1.807) is 22.9 Å². The molecule has 0 aliphatic carbocycles. The van der Waals surface area contributed by atoms with E-state index in [2.05, 4.69) is 17.2 Å². The second-order valence-electron chi connectivity index (χ2n) is 5.04. The van der Waals surface area contributed by atoms with Crippen LogP contribution >= 0.6 is 0 Å². The van der Waals surface area contributed by atoms with Crippen LogP contribution in [0.25, 0.3) is 11.0 Å². The molecule has 0 fully saturated rings. The minimum absolute atomic E-state index is 0.241. The zero-order chi connectivity index (χ0) is 13.3. The first-order valence-corrected chi connectivity index (χ1v) is 6.05. The lowest BCUT2D eigenvalue weighted by atomic mass is 9.98. The van der Waals surface area contributed by atoms with E-state index in [0.29, 0.717) is 11.0 Å². The number of nitrogens with zero attached hydrogens (tertiary/aromatic N) is 3. The summed E-state index contributed by atoms with van der Waals surface area (Å²) in [5.41, 5.74) is 1.24. The van der Waals surface area contributed by atoms with E-state index < -0.39 is 5.97 Å². The number of para-hydroxylation sites is 1. The first-order chi connectivity index (χ1) is 8.47. The lowest BCUT2D eigenvalue weighted by Gasteiger charge is -2.25. The Balaban J connectivity index is 2.69. The number of carboxylic acids is 1. The molecule has 5 nitrogen and oxygen atoms in total. The molecule has 0 spiro atoms. The molecule has 1 aromatic carbocycles. The maximum Gasteiger partial charge on any atom is 0.337 e. The fourth-order valence-electron chi connectivity index (χ4n) is 2.29. The van der Waals surface area contributed by atoms with Crippen LogP contribution in [-0.4, -0.2) is 26.1 Å². The first-order valence-electron chi connectivity index (χ1n) is 6.05. The number of aromatic nitrogens is 3. The van der Waals surface area contributed by atoms with E-state index in [4.69, 9.17) is 0 Å². The average Bonchev–Trinajstić information content (AvgIpc) is 2.72. The number of hydrogen-bond donors (Lipinski definition) is 1. The Hall–Kier alpha value is -1.91. The summed E-state index contributed by atoms with van der Waals surface area (Å²) >= 11 is 0. The van der Waals surface area contributed by atoms with Gasteiger partial charge in [0, 0.05) is 0 Å². The van der Waals surface area contributed by atoms with Crippen LogP contribution in [0.4, 0.5) is 0 Å². The normalized spacial score (nSPS) is 11.9. The fraction of sp³-hybridized carbons (Fsp3) is 0.462. The minimum atomic E-state index is -0.948. The molecule has 0 amide bonds. The lowest BCUT2D eigenvalue weighted by Crippen LogP contribution is -2.28. The van der Waals surface area contributed by atoms with E-state index in [9.17, 15) is 9.90 Å². The van der Waals surface area contributed by atoms with Crippen LogP contribution in [0.2, 0.25) is 0 Å². The van der Waals surface area contributed by atoms with Crippen molar-refractivity contribution in [3.63, 3.8) is 0 Å². The third-order valence-electron chi connectivity index (χ3n) is 3.13. The van der Waals surface area contributed by atoms with Crippen molar-refractivity contribution in [2.24, 2.45) is 0 Å². The maximum atomic E-state index is 11.3. The van der Waals surface area contributed by atoms with E-state index in [1.807, 2.05) is 13.8 Å². The van der Waals surface area contributed by atoms with E-state index in [0.717, 1.165) is 12.8 Å². The van der Waals surface area contributed by atoms with Crippen LogP contribution in [0.3, 0.4) is 0 Å². The van der Waals surface area contributed by atoms with Crippen molar-refractivity contribution in [2.45, 2.75) is 39.2 Å². The highest BCUT2D eigenvalue weighted by Gasteiger charge is 2.25. The number of fused-ring (bicyclic) bond motifs is 1. The number of carbonyl (C=O) groups is 1. The van der Waals surface area contributed by atoms with Crippen LogP contribution in [0.5, 0.6) is 0 Å². The number of benzene rings is 1. The Morgan fingerprint density at radius 3 is 2.78 bits per heavy atom. The predicted molar refractivity (Wildman–Crippen MR) is 68.7 cm³/mol. The van der Waals surface area contributed by atoms with Crippen LogP contribution in [0.15, 0.2) is 18.2 Å². The zero-order valence-electron chi connectivity index (χ0n) is 10.8. The number of carboxylic acid groups (broad SMARTS) is 1. The first kappa shape index (κ1) is 12.5. The van der Waals surface area contributed by atoms with Crippen molar-refractivity contribution >= 4 is 17.0 Å². The van der Waals surface area contributed by atoms with Gasteiger partial charge >= 0.3 is 5.97 Å². The van der Waals surface area contributed by atoms with Gasteiger partial charge in [0.15, 0.2) is 0 Å². The van der Waals surface area contributed by atoms with Gasteiger partial charge in [-0.3, -0.25) is 0 Å². The molecule has 0 aliphatic heterocycles. The summed E-state index contributed by atoms with van der Waals surface area (Å²) in [7, 11) is 0. The second kappa shape index (κ2) is 4.40. The van der Waals surface area contributed by atoms with Crippen molar-refractivity contribution in [2.75, 3.05) is 0 Å². The molecule has 2 aromatic rings. The van der Waals surface area contributed by atoms with Gasteiger partial charge in [-0.2, -0.15) is 0 Å². The molecule has 96 valence electrons. The molecule has 1 aromatic heterocycles. The average molecular weight is 247 g/mol. The molecule has 0 saturated heterocycles. The Bertz CT molecular complexity index is 587. The summed E-state index contributed by atoms with van der Waals surface area (Å²) in [6.07, 6.45) is 1.92. The third-order valence-corrected chi connectivity index (χ3v) is 3.13. The quantitative estimate of drug-likeness (QED) is 0.901. The highest BCUT2D eigenvalue weighted by Crippen LogP contribution is 2.27.